The highest BCUT2D eigenvalue weighted by atomic mass is 35.5. The van der Waals surface area contributed by atoms with Crippen molar-refractivity contribution in [3.63, 3.8) is 0 Å². The molecule has 0 bridgehead atoms. The Morgan fingerprint density at radius 1 is 1.11 bits per heavy atom. The highest BCUT2D eigenvalue weighted by molar-refractivity contribution is 6.30. The van der Waals surface area contributed by atoms with E-state index in [1.165, 1.54) is 12.8 Å². The summed E-state index contributed by atoms with van der Waals surface area (Å²) in [5.74, 6) is 1.24. The van der Waals surface area contributed by atoms with Crippen LogP contribution in [0.4, 0.5) is 0 Å². The van der Waals surface area contributed by atoms with Crippen molar-refractivity contribution in [3.8, 4) is 11.5 Å². The Balaban J connectivity index is 1.28. The van der Waals surface area contributed by atoms with E-state index in [1.807, 2.05) is 36.4 Å². The van der Waals surface area contributed by atoms with Crippen molar-refractivity contribution in [2.45, 2.75) is 62.8 Å². The molecule has 36 heavy (non-hydrogen) atoms. The molecular weight excluding hydrogens is 480 g/mol. The van der Waals surface area contributed by atoms with Crippen LogP contribution >= 0.6 is 11.6 Å². The summed E-state index contributed by atoms with van der Waals surface area (Å²) < 4.78 is 11.7. The van der Waals surface area contributed by atoms with Crippen molar-refractivity contribution in [1.29, 1.82) is 0 Å². The van der Waals surface area contributed by atoms with Gasteiger partial charge in [-0.1, -0.05) is 23.7 Å². The van der Waals surface area contributed by atoms with Crippen LogP contribution in [0.15, 0.2) is 48.5 Å². The molecule has 1 aliphatic carbocycles. The van der Waals surface area contributed by atoms with Gasteiger partial charge in [0.15, 0.2) is 17.1 Å². The van der Waals surface area contributed by atoms with Crippen molar-refractivity contribution in [2.75, 3.05) is 20.2 Å². The number of halogens is 1. The number of ether oxygens (including phenoxy) is 2. The average Bonchev–Trinajstić information content (AvgIpc) is 3.55. The topological polar surface area (TPSA) is 80.3 Å². The second-order valence-corrected chi connectivity index (χ2v) is 10.5. The molecule has 1 saturated heterocycles. The van der Waals surface area contributed by atoms with E-state index in [0.29, 0.717) is 48.1 Å². The SMILES string of the molecule is COc1ccc(C2=CC(C)(C(=O)N3CCC(O)(c4ccc(Cl)cc4)CC3)ON2)cc1OC1CCCC1. The molecule has 2 aliphatic heterocycles. The van der Waals surface area contributed by atoms with Crippen LogP contribution in [-0.2, 0) is 15.2 Å². The largest absolute Gasteiger partial charge is 0.493 e. The smallest absolute Gasteiger partial charge is 0.261 e. The van der Waals surface area contributed by atoms with Crippen molar-refractivity contribution in [2.24, 2.45) is 0 Å². The minimum atomic E-state index is -1.16. The Kier molecular flexibility index (Phi) is 6.90. The summed E-state index contributed by atoms with van der Waals surface area (Å²) >= 11 is 5.99. The van der Waals surface area contributed by atoms with Crippen molar-refractivity contribution < 1.29 is 24.2 Å². The predicted molar refractivity (Wildman–Crippen MR) is 138 cm³/mol. The van der Waals surface area contributed by atoms with Crippen LogP contribution in [-0.4, -0.2) is 47.8 Å². The van der Waals surface area contributed by atoms with E-state index in [4.69, 9.17) is 25.9 Å². The van der Waals surface area contributed by atoms with Gasteiger partial charge in [-0.25, -0.2) is 0 Å². The third kappa shape index (κ3) is 4.92. The van der Waals surface area contributed by atoms with Crippen LogP contribution in [0, 0.1) is 0 Å². The van der Waals surface area contributed by atoms with Gasteiger partial charge in [0, 0.05) is 23.7 Å². The van der Waals surface area contributed by atoms with Crippen LogP contribution in [0.3, 0.4) is 0 Å². The molecule has 1 saturated carbocycles. The van der Waals surface area contributed by atoms with Gasteiger partial charge in [0.2, 0.25) is 0 Å². The van der Waals surface area contributed by atoms with E-state index in [9.17, 15) is 9.90 Å². The number of hydrogen-bond donors (Lipinski definition) is 2. The molecule has 0 spiro atoms. The lowest BCUT2D eigenvalue weighted by Crippen LogP contribution is -2.52. The zero-order chi connectivity index (χ0) is 25.3. The van der Waals surface area contributed by atoms with Gasteiger partial charge in [-0.05, 0) is 87.4 Å². The molecular formula is C28H33ClN2O5. The fourth-order valence-corrected chi connectivity index (χ4v) is 5.43. The second kappa shape index (κ2) is 9.96. The lowest BCUT2D eigenvalue weighted by Gasteiger charge is -2.40. The first-order valence-electron chi connectivity index (χ1n) is 12.6. The van der Waals surface area contributed by atoms with E-state index in [1.54, 1.807) is 31.1 Å². The third-order valence-electron chi connectivity index (χ3n) is 7.55. The number of benzene rings is 2. The molecule has 2 aromatic rings. The van der Waals surface area contributed by atoms with Crippen LogP contribution in [0.25, 0.3) is 5.70 Å². The highest BCUT2D eigenvalue weighted by Gasteiger charge is 2.44. The maximum atomic E-state index is 13.5. The van der Waals surface area contributed by atoms with Gasteiger partial charge < -0.3 is 19.5 Å². The van der Waals surface area contributed by atoms with Gasteiger partial charge in [0.25, 0.3) is 5.91 Å². The number of aliphatic hydroxyl groups is 1. The quantitative estimate of drug-likeness (QED) is 0.578. The average molecular weight is 513 g/mol. The summed E-state index contributed by atoms with van der Waals surface area (Å²) in [5.41, 5.74) is 3.20. The molecule has 1 amide bonds. The van der Waals surface area contributed by atoms with E-state index < -0.39 is 11.2 Å². The minimum Gasteiger partial charge on any atom is -0.493 e. The molecule has 8 heteroatoms. The van der Waals surface area contributed by atoms with Crippen LogP contribution in [0.1, 0.15) is 56.6 Å². The van der Waals surface area contributed by atoms with E-state index >= 15 is 0 Å². The van der Waals surface area contributed by atoms with Gasteiger partial charge in [-0.15, -0.1) is 0 Å². The first-order valence-corrected chi connectivity index (χ1v) is 13.0. The molecule has 5 rings (SSSR count). The zero-order valence-electron chi connectivity index (χ0n) is 20.8. The molecule has 0 radical (unpaired) electrons. The molecule has 1 unspecified atom stereocenters. The number of nitrogens with one attached hydrogen (secondary N) is 1. The summed E-state index contributed by atoms with van der Waals surface area (Å²) in [7, 11) is 1.63. The lowest BCUT2D eigenvalue weighted by atomic mass is 9.84. The molecule has 2 aromatic carbocycles. The van der Waals surface area contributed by atoms with E-state index in [0.717, 1.165) is 24.0 Å². The van der Waals surface area contributed by atoms with Gasteiger partial charge in [0.05, 0.1) is 24.5 Å². The predicted octanol–water partition coefficient (Wildman–Crippen LogP) is 4.81. The molecule has 2 heterocycles. The summed E-state index contributed by atoms with van der Waals surface area (Å²) in [6.07, 6.45) is 7.37. The van der Waals surface area contributed by atoms with E-state index in [2.05, 4.69) is 5.48 Å². The molecule has 3 aliphatic rings. The maximum absolute atomic E-state index is 13.5. The Morgan fingerprint density at radius 3 is 2.47 bits per heavy atom. The summed E-state index contributed by atoms with van der Waals surface area (Å²) in [6.45, 7) is 2.62. The van der Waals surface area contributed by atoms with Crippen LogP contribution < -0.4 is 15.0 Å². The first-order chi connectivity index (χ1) is 17.3. The monoisotopic (exact) mass is 512 g/mol. The number of likely N-dealkylation sites (tertiary alicyclic amines) is 1. The number of hydrogen-bond acceptors (Lipinski definition) is 6. The number of piperidine rings is 1. The highest BCUT2D eigenvalue weighted by Crippen LogP contribution is 2.38. The normalized spacial score (nSPS) is 23.8. The maximum Gasteiger partial charge on any atom is 0.261 e. The Bertz CT molecular complexity index is 1140. The van der Waals surface area contributed by atoms with Crippen LogP contribution in [0.2, 0.25) is 5.02 Å². The summed E-state index contributed by atoms with van der Waals surface area (Å²) in [4.78, 5) is 21.0. The van der Waals surface area contributed by atoms with Crippen molar-refractivity contribution in [1.82, 2.24) is 10.4 Å². The Labute approximate surface area is 216 Å². The first kappa shape index (κ1) is 24.9. The fourth-order valence-electron chi connectivity index (χ4n) is 5.31. The number of carbonyl (C=O) groups is 1. The minimum absolute atomic E-state index is 0.140. The fraction of sp³-hybridized carbons (Fsp3) is 0.464. The zero-order valence-corrected chi connectivity index (χ0v) is 21.5. The van der Waals surface area contributed by atoms with Crippen LogP contribution in [0.5, 0.6) is 11.5 Å². The molecule has 2 fully saturated rings. The van der Waals surface area contributed by atoms with Gasteiger partial charge in [0.1, 0.15) is 0 Å². The molecule has 2 N–H and O–H groups in total. The van der Waals surface area contributed by atoms with Crippen molar-refractivity contribution in [3.05, 3.63) is 64.7 Å². The molecule has 192 valence electrons. The Morgan fingerprint density at radius 2 is 1.81 bits per heavy atom. The van der Waals surface area contributed by atoms with Gasteiger partial charge in [-0.2, -0.15) is 0 Å². The number of rotatable bonds is 6. The number of carbonyl (C=O) groups excluding carboxylic acids is 1. The lowest BCUT2D eigenvalue weighted by molar-refractivity contribution is -0.157. The summed E-state index contributed by atoms with van der Waals surface area (Å²) in [6, 6.07) is 13.0. The Hall–Kier alpha value is -2.74. The van der Waals surface area contributed by atoms with Crippen molar-refractivity contribution >= 4 is 23.2 Å². The molecule has 7 nitrogen and oxygen atoms in total. The third-order valence-corrected chi connectivity index (χ3v) is 7.80. The van der Waals surface area contributed by atoms with Gasteiger partial charge >= 0.3 is 0 Å². The molecule has 1 atom stereocenters. The standard InChI is InChI=1S/C28H33ClN2O5/c1-27(26(32)31-15-13-28(33,14-16-31)20-8-10-21(29)11-9-20)18-23(30-36-27)19-7-12-24(34-2)25(17-19)35-22-5-3-4-6-22/h7-12,17-18,22,30,33H,3-6,13-16H2,1-2H3. The van der Waals surface area contributed by atoms with E-state index in [-0.39, 0.29) is 12.0 Å². The number of nitrogens with zero attached hydrogens (tertiary/aromatic N) is 1. The summed E-state index contributed by atoms with van der Waals surface area (Å²) in [5, 5.41) is 11.8. The number of methoxy groups -OCH3 is 1. The number of amides is 1. The molecule has 0 aromatic heterocycles. The number of hydroxylamine groups is 1. The van der Waals surface area contributed by atoms with Gasteiger partial charge in [-0.3, -0.25) is 15.1 Å². The second-order valence-electron chi connectivity index (χ2n) is 10.1.